The first kappa shape index (κ1) is 15.1. The molecule has 6 heteroatoms. The summed E-state index contributed by atoms with van der Waals surface area (Å²) in [6, 6.07) is 10.1. The summed E-state index contributed by atoms with van der Waals surface area (Å²) in [5.41, 5.74) is 10.9. The minimum atomic E-state index is 0.555. The number of hydrogen-bond donors (Lipinski definition) is 3. The summed E-state index contributed by atoms with van der Waals surface area (Å²) in [4.78, 5) is 16.2. The van der Waals surface area contributed by atoms with Crippen molar-refractivity contribution in [3.05, 3.63) is 66.2 Å². The fraction of sp³-hybridized carbons (Fsp3) is 0.105. The zero-order chi connectivity index (χ0) is 17.2. The number of rotatable bonds is 4. The van der Waals surface area contributed by atoms with Crippen molar-refractivity contribution in [2.45, 2.75) is 13.5 Å². The molecule has 25 heavy (non-hydrogen) atoms. The minimum absolute atomic E-state index is 0.555. The van der Waals surface area contributed by atoms with E-state index in [4.69, 9.17) is 5.73 Å². The first-order valence-corrected chi connectivity index (χ1v) is 8.04. The van der Waals surface area contributed by atoms with E-state index in [-0.39, 0.29) is 0 Å². The molecule has 0 saturated carbocycles. The number of aromatic amines is 1. The number of hydrogen-bond acceptors (Lipinski definition) is 5. The van der Waals surface area contributed by atoms with Crippen LogP contribution in [0.1, 0.15) is 11.1 Å². The van der Waals surface area contributed by atoms with Gasteiger partial charge in [-0.15, -0.1) is 0 Å². The molecule has 0 bridgehead atoms. The number of nitrogens with zero attached hydrogens (tertiary/aromatic N) is 3. The maximum absolute atomic E-state index is 5.85. The standard InChI is InChI=1S/C19H18N6/c1-12-8-14(11-24-18(12)20)16-9-17(25-19-15(16)4-7-22-19)23-10-13-2-5-21-6-3-13/h2-9,11H,10H2,1H3,(H2,20,24)(H2,22,23,25). The second kappa shape index (κ2) is 6.24. The second-order valence-electron chi connectivity index (χ2n) is 5.93. The molecule has 0 amide bonds. The van der Waals surface area contributed by atoms with Crippen LogP contribution in [0.5, 0.6) is 0 Å². The van der Waals surface area contributed by atoms with E-state index in [0.717, 1.165) is 39.1 Å². The summed E-state index contributed by atoms with van der Waals surface area (Å²) < 4.78 is 0. The third-order valence-electron chi connectivity index (χ3n) is 4.18. The lowest BCUT2D eigenvalue weighted by atomic mass is 10.0. The van der Waals surface area contributed by atoms with Gasteiger partial charge in [0, 0.05) is 42.3 Å². The number of aromatic nitrogens is 4. The van der Waals surface area contributed by atoms with E-state index < -0.39 is 0 Å². The summed E-state index contributed by atoms with van der Waals surface area (Å²) >= 11 is 0. The Morgan fingerprint density at radius 1 is 1.16 bits per heavy atom. The van der Waals surface area contributed by atoms with E-state index in [0.29, 0.717) is 12.4 Å². The maximum Gasteiger partial charge on any atom is 0.140 e. The molecule has 4 aromatic rings. The van der Waals surface area contributed by atoms with Gasteiger partial charge in [0.1, 0.15) is 17.3 Å². The van der Waals surface area contributed by atoms with E-state index in [1.807, 2.05) is 37.4 Å². The molecule has 0 spiro atoms. The third-order valence-corrected chi connectivity index (χ3v) is 4.18. The van der Waals surface area contributed by atoms with Gasteiger partial charge in [-0.2, -0.15) is 0 Å². The zero-order valence-electron chi connectivity index (χ0n) is 13.8. The lowest BCUT2D eigenvalue weighted by Gasteiger charge is -2.10. The molecular weight excluding hydrogens is 312 g/mol. The number of anilines is 2. The van der Waals surface area contributed by atoms with E-state index >= 15 is 0 Å². The summed E-state index contributed by atoms with van der Waals surface area (Å²) in [7, 11) is 0. The monoisotopic (exact) mass is 330 g/mol. The molecular formula is C19H18N6. The number of aryl methyl sites for hydroxylation is 1. The molecule has 0 unspecified atom stereocenters. The van der Waals surface area contributed by atoms with Crippen molar-refractivity contribution in [2.24, 2.45) is 0 Å². The van der Waals surface area contributed by atoms with Crippen molar-refractivity contribution in [3.63, 3.8) is 0 Å². The quantitative estimate of drug-likeness (QED) is 0.532. The summed E-state index contributed by atoms with van der Waals surface area (Å²) in [6.07, 6.45) is 7.27. The summed E-state index contributed by atoms with van der Waals surface area (Å²) in [5.74, 6) is 1.36. The van der Waals surface area contributed by atoms with E-state index in [9.17, 15) is 0 Å². The van der Waals surface area contributed by atoms with Crippen LogP contribution in [0.15, 0.2) is 55.1 Å². The second-order valence-corrected chi connectivity index (χ2v) is 5.93. The average molecular weight is 330 g/mol. The lowest BCUT2D eigenvalue weighted by molar-refractivity contribution is 1.10. The molecule has 0 aliphatic rings. The van der Waals surface area contributed by atoms with Gasteiger partial charge in [0.25, 0.3) is 0 Å². The highest BCUT2D eigenvalue weighted by atomic mass is 15.0. The molecule has 0 aliphatic carbocycles. The van der Waals surface area contributed by atoms with Crippen molar-refractivity contribution in [2.75, 3.05) is 11.1 Å². The third kappa shape index (κ3) is 3.01. The molecule has 0 fully saturated rings. The number of nitrogens with two attached hydrogens (primary N) is 1. The summed E-state index contributed by atoms with van der Waals surface area (Å²) in [5, 5.41) is 4.43. The van der Waals surface area contributed by atoms with Gasteiger partial charge in [0.05, 0.1) is 0 Å². The maximum atomic E-state index is 5.85. The minimum Gasteiger partial charge on any atom is -0.383 e. The van der Waals surface area contributed by atoms with E-state index in [2.05, 4.69) is 31.3 Å². The number of nitrogen functional groups attached to an aromatic ring is 1. The predicted octanol–water partition coefficient (Wildman–Crippen LogP) is 3.52. The number of H-pyrrole nitrogens is 1. The van der Waals surface area contributed by atoms with Gasteiger partial charge in [-0.1, -0.05) is 0 Å². The largest absolute Gasteiger partial charge is 0.383 e. The summed E-state index contributed by atoms with van der Waals surface area (Å²) in [6.45, 7) is 2.64. The smallest absolute Gasteiger partial charge is 0.140 e. The fourth-order valence-corrected chi connectivity index (χ4v) is 2.79. The molecule has 4 heterocycles. The van der Waals surface area contributed by atoms with Crippen LogP contribution in [0.2, 0.25) is 0 Å². The van der Waals surface area contributed by atoms with Gasteiger partial charge >= 0.3 is 0 Å². The van der Waals surface area contributed by atoms with Crippen molar-refractivity contribution < 1.29 is 0 Å². The highest BCUT2D eigenvalue weighted by Crippen LogP contribution is 2.30. The Balaban J connectivity index is 1.73. The van der Waals surface area contributed by atoms with Crippen LogP contribution < -0.4 is 11.1 Å². The number of pyridine rings is 3. The Morgan fingerprint density at radius 2 is 2.00 bits per heavy atom. The van der Waals surface area contributed by atoms with E-state index in [1.165, 1.54) is 0 Å². The molecule has 4 rings (SSSR count). The van der Waals surface area contributed by atoms with Gasteiger partial charge < -0.3 is 16.0 Å². The van der Waals surface area contributed by atoms with Crippen LogP contribution in [-0.4, -0.2) is 19.9 Å². The molecule has 0 saturated heterocycles. The normalized spacial score (nSPS) is 10.9. The first-order chi connectivity index (χ1) is 12.2. The highest BCUT2D eigenvalue weighted by molar-refractivity contribution is 5.94. The molecule has 124 valence electrons. The molecule has 4 N–H and O–H groups in total. The average Bonchev–Trinajstić information content (AvgIpc) is 3.11. The van der Waals surface area contributed by atoms with Crippen LogP contribution >= 0.6 is 0 Å². The molecule has 0 atom stereocenters. The van der Waals surface area contributed by atoms with Crippen LogP contribution in [0.3, 0.4) is 0 Å². The number of fused-ring (bicyclic) bond motifs is 1. The van der Waals surface area contributed by atoms with Crippen LogP contribution in [0.4, 0.5) is 11.6 Å². The Hall–Kier alpha value is -3.41. The Morgan fingerprint density at radius 3 is 2.80 bits per heavy atom. The molecule has 4 aromatic heterocycles. The van der Waals surface area contributed by atoms with Gasteiger partial charge in [-0.3, -0.25) is 4.98 Å². The van der Waals surface area contributed by atoms with Crippen LogP contribution in [0.25, 0.3) is 22.2 Å². The van der Waals surface area contributed by atoms with Crippen molar-refractivity contribution in [1.29, 1.82) is 0 Å². The zero-order valence-corrected chi connectivity index (χ0v) is 13.8. The van der Waals surface area contributed by atoms with Crippen LogP contribution in [0, 0.1) is 6.92 Å². The van der Waals surface area contributed by atoms with Gasteiger partial charge in [-0.05, 0) is 53.9 Å². The fourth-order valence-electron chi connectivity index (χ4n) is 2.79. The topological polar surface area (TPSA) is 92.5 Å². The first-order valence-electron chi connectivity index (χ1n) is 8.04. The van der Waals surface area contributed by atoms with Crippen LogP contribution in [-0.2, 0) is 6.54 Å². The highest BCUT2D eigenvalue weighted by Gasteiger charge is 2.10. The Bertz CT molecular complexity index is 1020. The molecule has 6 nitrogen and oxygen atoms in total. The van der Waals surface area contributed by atoms with Crippen molar-refractivity contribution in [1.82, 2.24) is 19.9 Å². The molecule has 0 aliphatic heterocycles. The van der Waals surface area contributed by atoms with Crippen molar-refractivity contribution in [3.8, 4) is 11.1 Å². The molecule has 0 aromatic carbocycles. The predicted molar refractivity (Wildman–Crippen MR) is 100 cm³/mol. The van der Waals surface area contributed by atoms with Crippen molar-refractivity contribution >= 4 is 22.7 Å². The lowest BCUT2D eigenvalue weighted by Crippen LogP contribution is -2.02. The van der Waals surface area contributed by atoms with Gasteiger partial charge in [0.15, 0.2) is 0 Å². The van der Waals surface area contributed by atoms with E-state index in [1.54, 1.807) is 18.6 Å². The number of nitrogens with one attached hydrogen (secondary N) is 2. The van der Waals surface area contributed by atoms with Gasteiger partial charge in [-0.25, -0.2) is 9.97 Å². The Labute approximate surface area is 145 Å². The molecule has 0 radical (unpaired) electrons. The SMILES string of the molecule is Cc1cc(-c2cc(NCc3ccncc3)nc3[nH]ccc23)cnc1N. The van der Waals surface area contributed by atoms with Gasteiger partial charge in [0.2, 0.25) is 0 Å². The Kier molecular flexibility index (Phi) is 3.78.